The summed E-state index contributed by atoms with van der Waals surface area (Å²) in [5.74, 6) is 0.0557. The Morgan fingerprint density at radius 1 is 1.00 bits per heavy atom. The molecule has 1 heterocycles. The fourth-order valence-corrected chi connectivity index (χ4v) is 4.32. The molecule has 6 heteroatoms. The summed E-state index contributed by atoms with van der Waals surface area (Å²) in [5, 5.41) is 2.84. The molecule has 32 heavy (non-hydrogen) atoms. The molecule has 2 aromatic rings. The van der Waals surface area contributed by atoms with Gasteiger partial charge in [-0.15, -0.1) is 0 Å². The highest BCUT2D eigenvalue weighted by Gasteiger charge is 2.28. The van der Waals surface area contributed by atoms with Gasteiger partial charge in [-0.1, -0.05) is 38.1 Å². The van der Waals surface area contributed by atoms with Crippen LogP contribution in [0.4, 0.5) is 21.9 Å². The molecule has 1 aliphatic carbocycles. The molecule has 0 atom stereocenters. The number of aryl methyl sites for hydroxylation is 2. The van der Waals surface area contributed by atoms with Crippen molar-refractivity contribution in [2.24, 2.45) is 0 Å². The molecule has 1 fully saturated rings. The van der Waals surface area contributed by atoms with Crippen molar-refractivity contribution in [3.05, 3.63) is 53.6 Å². The molecule has 2 aromatic carbocycles. The second-order valence-electron chi connectivity index (χ2n) is 8.71. The van der Waals surface area contributed by atoms with Crippen molar-refractivity contribution in [2.75, 3.05) is 29.9 Å². The number of nitrogens with one attached hydrogen (secondary N) is 1. The third-order valence-corrected chi connectivity index (χ3v) is 5.95. The second-order valence-corrected chi connectivity index (χ2v) is 8.71. The fraction of sp³-hybridized carbons (Fsp3) is 0.462. The van der Waals surface area contributed by atoms with Crippen LogP contribution in [0.1, 0.15) is 50.7 Å². The predicted molar refractivity (Wildman–Crippen MR) is 128 cm³/mol. The summed E-state index contributed by atoms with van der Waals surface area (Å²) in [7, 11) is 0. The van der Waals surface area contributed by atoms with Crippen LogP contribution in [0, 0.1) is 0 Å². The number of hydrogen-bond acceptors (Lipinski definition) is 4. The van der Waals surface area contributed by atoms with Gasteiger partial charge in [0, 0.05) is 5.69 Å². The fourth-order valence-electron chi connectivity index (χ4n) is 4.32. The third kappa shape index (κ3) is 5.30. The highest BCUT2D eigenvalue weighted by molar-refractivity contribution is 6.04. The van der Waals surface area contributed by atoms with E-state index in [-0.39, 0.29) is 12.0 Å². The number of para-hydroxylation sites is 1. The Bertz CT molecular complexity index is 965. The lowest BCUT2D eigenvalue weighted by atomic mass is 10.0. The van der Waals surface area contributed by atoms with E-state index in [1.807, 2.05) is 41.3 Å². The zero-order valence-electron chi connectivity index (χ0n) is 19.1. The molecule has 0 saturated heterocycles. The first kappa shape index (κ1) is 22.3. The molecule has 1 aliphatic heterocycles. The molecule has 0 bridgehead atoms. The van der Waals surface area contributed by atoms with E-state index in [0.29, 0.717) is 12.2 Å². The molecule has 0 spiro atoms. The van der Waals surface area contributed by atoms with Gasteiger partial charge >= 0.3 is 6.09 Å². The number of amides is 2. The Labute approximate surface area is 190 Å². The molecule has 1 N–H and O–H groups in total. The molecular weight excluding hydrogens is 402 g/mol. The van der Waals surface area contributed by atoms with Gasteiger partial charge in [-0.2, -0.15) is 0 Å². The van der Waals surface area contributed by atoms with Gasteiger partial charge in [0.1, 0.15) is 6.10 Å². The molecule has 170 valence electrons. The molecule has 0 aromatic heterocycles. The zero-order chi connectivity index (χ0) is 22.5. The van der Waals surface area contributed by atoms with Crippen molar-refractivity contribution >= 4 is 29.1 Å². The van der Waals surface area contributed by atoms with Gasteiger partial charge in [-0.25, -0.2) is 4.79 Å². The molecule has 2 aliphatic rings. The van der Waals surface area contributed by atoms with Gasteiger partial charge in [-0.3, -0.25) is 19.9 Å². The van der Waals surface area contributed by atoms with E-state index in [0.717, 1.165) is 74.1 Å². The number of nitrogens with zero attached hydrogens (tertiary/aromatic N) is 2. The van der Waals surface area contributed by atoms with Crippen LogP contribution in [0.3, 0.4) is 0 Å². The molecule has 2 amide bonds. The lowest BCUT2D eigenvalue weighted by Gasteiger charge is -2.29. The Morgan fingerprint density at radius 3 is 2.38 bits per heavy atom. The Kier molecular flexibility index (Phi) is 7.10. The van der Waals surface area contributed by atoms with Gasteiger partial charge in [0.2, 0.25) is 5.91 Å². The van der Waals surface area contributed by atoms with Gasteiger partial charge in [0.25, 0.3) is 0 Å². The average Bonchev–Trinajstić information content (AvgIpc) is 3.59. The maximum Gasteiger partial charge on any atom is 0.411 e. The maximum absolute atomic E-state index is 13.7. The minimum absolute atomic E-state index is 0.0453. The largest absolute Gasteiger partial charge is 0.446 e. The first-order valence-corrected chi connectivity index (χ1v) is 11.8. The minimum Gasteiger partial charge on any atom is -0.446 e. The standard InChI is InChI=1S/C26H33N3O3/c1-3-15-28(16-4-2)18-25(30)29-23-8-6-5-7-19(23)9-10-20-11-12-21(17-24(20)29)27-26(31)32-22-13-14-22/h5-8,11-12,17,22H,3-4,9-10,13-16,18H2,1-2H3,(H,27,31). The van der Waals surface area contributed by atoms with Crippen molar-refractivity contribution in [2.45, 2.75) is 58.5 Å². The molecule has 6 nitrogen and oxygen atoms in total. The monoisotopic (exact) mass is 435 g/mol. The molecular formula is C26H33N3O3. The van der Waals surface area contributed by atoms with Gasteiger partial charge in [-0.05, 0) is 80.9 Å². The van der Waals surface area contributed by atoms with E-state index in [1.165, 1.54) is 0 Å². The number of carbonyl (C=O) groups excluding carboxylic acids is 2. The van der Waals surface area contributed by atoms with Crippen LogP contribution in [-0.4, -0.2) is 42.6 Å². The quantitative estimate of drug-likeness (QED) is 0.613. The Morgan fingerprint density at radius 2 is 1.69 bits per heavy atom. The average molecular weight is 436 g/mol. The van der Waals surface area contributed by atoms with Gasteiger partial charge in [0.15, 0.2) is 0 Å². The van der Waals surface area contributed by atoms with Crippen LogP contribution in [-0.2, 0) is 22.4 Å². The van der Waals surface area contributed by atoms with E-state index in [1.54, 1.807) is 0 Å². The summed E-state index contributed by atoms with van der Waals surface area (Å²) in [6.07, 6.45) is 5.22. The second kappa shape index (κ2) is 10.2. The first-order chi connectivity index (χ1) is 15.6. The Balaban J connectivity index is 1.66. The van der Waals surface area contributed by atoms with Crippen molar-refractivity contribution in [3.8, 4) is 0 Å². The summed E-state index contributed by atoms with van der Waals surface area (Å²) in [6, 6.07) is 14.0. The number of rotatable bonds is 8. The van der Waals surface area contributed by atoms with Crippen LogP contribution in [0.25, 0.3) is 0 Å². The number of carbonyl (C=O) groups is 2. The van der Waals surface area contributed by atoms with Crippen molar-refractivity contribution < 1.29 is 14.3 Å². The van der Waals surface area contributed by atoms with Crippen LogP contribution in [0.5, 0.6) is 0 Å². The van der Waals surface area contributed by atoms with Crippen LogP contribution in [0.15, 0.2) is 42.5 Å². The number of ether oxygens (including phenoxy) is 1. The van der Waals surface area contributed by atoms with Crippen molar-refractivity contribution in [1.29, 1.82) is 0 Å². The van der Waals surface area contributed by atoms with E-state index < -0.39 is 6.09 Å². The first-order valence-electron chi connectivity index (χ1n) is 11.8. The normalized spacial score (nSPS) is 15.0. The lowest BCUT2D eigenvalue weighted by Crippen LogP contribution is -2.39. The van der Waals surface area contributed by atoms with Crippen molar-refractivity contribution in [1.82, 2.24) is 4.90 Å². The predicted octanol–water partition coefficient (Wildman–Crippen LogP) is 5.28. The van der Waals surface area contributed by atoms with Crippen molar-refractivity contribution in [3.63, 3.8) is 0 Å². The summed E-state index contributed by atoms with van der Waals surface area (Å²) < 4.78 is 5.33. The Hall–Kier alpha value is -2.86. The van der Waals surface area contributed by atoms with E-state index in [9.17, 15) is 9.59 Å². The highest BCUT2D eigenvalue weighted by Crippen LogP contribution is 2.38. The van der Waals surface area contributed by atoms with Gasteiger partial charge < -0.3 is 4.74 Å². The topological polar surface area (TPSA) is 61.9 Å². The lowest BCUT2D eigenvalue weighted by molar-refractivity contribution is -0.119. The van der Waals surface area contributed by atoms with E-state index in [2.05, 4.69) is 30.1 Å². The number of hydrogen-bond donors (Lipinski definition) is 1. The molecule has 0 radical (unpaired) electrons. The summed E-state index contributed by atoms with van der Waals surface area (Å²) in [5.41, 5.74) is 4.69. The third-order valence-electron chi connectivity index (χ3n) is 5.95. The van der Waals surface area contributed by atoms with E-state index in [4.69, 9.17) is 4.74 Å². The van der Waals surface area contributed by atoms with Crippen LogP contribution >= 0.6 is 0 Å². The van der Waals surface area contributed by atoms with Gasteiger partial charge in [0.05, 0.1) is 17.9 Å². The maximum atomic E-state index is 13.7. The SMILES string of the molecule is CCCN(CCC)CC(=O)N1c2ccccc2CCc2ccc(NC(=O)OC3CC3)cc21. The molecule has 1 saturated carbocycles. The van der Waals surface area contributed by atoms with E-state index >= 15 is 0 Å². The summed E-state index contributed by atoms with van der Waals surface area (Å²) >= 11 is 0. The molecule has 0 unspecified atom stereocenters. The number of fused-ring (bicyclic) bond motifs is 2. The summed E-state index contributed by atoms with van der Waals surface area (Å²) in [4.78, 5) is 30.0. The summed E-state index contributed by atoms with van der Waals surface area (Å²) in [6.45, 7) is 6.45. The highest BCUT2D eigenvalue weighted by atomic mass is 16.6. The molecule has 4 rings (SSSR count). The minimum atomic E-state index is -0.434. The van der Waals surface area contributed by atoms with Crippen LogP contribution < -0.4 is 10.2 Å². The zero-order valence-corrected chi connectivity index (χ0v) is 19.1. The number of benzene rings is 2. The van der Waals surface area contributed by atoms with Crippen LogP contribution in [0.2, 0.25) is 0 Å². The number of anilines is 3. The smallest absolute Gasteiger partial charge is 0.411 e.